The molecule has 2 unspecified atom stereocenters. The van der Waals surface area contributed by atoms with Crippen LogP contribution in [0, 0.1) is 0 Å². The van der Waals surface area contributed by atoms with E-state index in [1.54, 1.807) is 0 Å². The quantitative estimate of drug-likeness (QED) is 0.584. The standard InChI is InChI=1S/C10H19NO2/c1-7(12)9-3-5-10(11-9,6-4-9)8(2)13/h7-8,11-13H,3-6H2,1-2H3. The Labute approximate surface area is 79.2 Å². The first-order valence-electron chi connectivity index (χ1n) is 5.16. The van der Waals surface area contributed by atoms with Crippen LogP contribution in [0.3, 0.4) is 0 Å². The number of fused-ring (bicyclic) bond motifs is 2. The van der Waals surface area contributed by atoms with Crippen LogP contribution in [0.2, 0.25) is 0 Å². The lowest BCUT2D eigenvalue weighted by atomic mass is 9.78. The Kier molecular flexibility index (Phi) is 1.95. The van der Waals surface area contributed by atoms with E-state index in [1.807, 2.05) is 13.8 Å². The van der Waals surface area contributed by atoms with Crippen molar-refractivity contribution in [3.8, 4) is 0 Å². The zero-order valence-corrected chi connectivity index (χ0v) is 8.38. The minimum Gasteiger partial charge on any atom is -0.391 e. The molecule has 0 spiro atoms. The van der Waals surface area contributed by atoms with Gasteiger partial charge in [-0.25, -0.2) is 0 Å². The van der Waals surface area contributed by atoms with Gasteiger partial charge >= 0.3 is 0 Å². The molecule has 3 N–H and O–H groups in total. The summed E-state index contributed by atoms with van der Waals surface area (Å²) in [7, 11) is 0. The monoisotopic (exact) mass is 185 g/mol. The zero-order chi connectivity index (χ0) is 9.69. The molecule has 2 rings (SSSR count). The number of nitrogens with one attached hydrogen (secondary N) is 1. The number of aliphatic hydroxyl groups is 2. The van der Waals surface area contributed by atoms with Gasteiger partial charge in [0.25, 0.3) is 0 Å². The third kappa shape index (κ3) is 1.14. The fraction of sp³-hybridized carbons (Fsp3) is 1.00. The van der Waals surface area contributed by atoms with E-state index in [9.17, 15) is 10.2 Å². The van der Waals surface area contributed by atoms with E-state index in [4.69, 9.17) is 0 Å². The van der Waals surface area contributed by atoms with Crippen molar-refractivity contribution in [1.82, 2.24) is 5.32 Å². The summed E-state index contributed by atoms with van der Waals surface area (Å²) in [6, 6.07) is 0. The molecular formula is C10H19NO2. The van der Waals surface area contributed by atoms with E-state index in [0.29, 0.717) is 0 Å². The Bertz CT molecular complexity index is 183. The normalized spacial score (nSPS) is 48.0. The summed E-state index contributed by atoms with van der Waals surface area (Å²) in [5.74, 6) is 0. The third-order valence-corrected chi connectivity index (χ3v) is 4.13. The Morgan fingerprint density at radius 1 is 0.923 bits per heavy atom. The maximum atomic E-state index is 9.68. The molecule has 76 valence electrons. The van der Waals surface area contributed by atoms with Crippen LogP contribution in [0.4, 0.5) is 0 Å². The smallest absolute Gasteiger partial charge is 0.0693 e. The molecule has 2 atom stereocenters. The molecule has 0 aliphatic carbocycles. The lowest BCUT2D eigenvalue weighted by Gasteiger charge is -2.29. The van der Waals surface area contributed by atoms with E-state index in [1.165, 1.54) is 0 Å². The molecule has 0 radical (unpaired) electrons. The van der Waals surface area contributed by atoms with Crippen LogP contribution in [0.5, 0.6) is 0 Å². The predicted octanol–water partition coefficient (Wildman–Crippen LogP) is 0.403. The van der Waals surface area contributed by atoms with Crippen LogP contribution in [0.25, 0.3) is 0 Å². The van der Waals surface area contributed by atoms with Gasteiger partial charge in [0.15, 0.2) is 0 Å². The molecule has 0 amide bonds. The average molecular weight is 185 g/mol. The van der Waals surface area contributed by atoms with Gasteiger partial charge in [-0.2, -0.15) is 0 Å². The first-order chi connectivity index (χ1) is 6.01. The highest BCUT2D eigenvalue weighted by molar-refractivity contribution is 5.17. The molecule has 13 heavy (non-hydrogen) atoms. The Morgan fingerprint density at radius 3 is 1.38 bits per heavy atom. The van der Waals surface area contributed by atoms with Crippen LogP contribution in [-0.4, -0.2) is 33.5 Å². The Balaban J connectivity index is 2.19. The second-order valence-corrected chi connectivity index (χ2v) is 4.79. The van der Waals surface area contributed by atoms with Crippen LogP contribution in [-0.2, 0) is 0 Å². The second kappa shape index (κ2) is 2.69. The summed E-state index contributed by atoms with van der Waals surface area (Å²) in [4.78, 5) is 0. The van der Waals surface area contributed by atoms with Crippen molar-refractivity contribution in [3.63, 3.8) is 0 Å². The Hall–Kier alpha value is -0.120. The Morgan fingerprint density at radius 2 is 1.23 bits per heavy atom. The molecule has 2 fully saturated rings. The summed E-state index contributed by atoms with van der Waals surface area (Å²) >= 11 is 0. The molecule has 2 aliphatic rings. The van der Waals surface area contributed by atoms with Crippen molar-refractivity contribution >= 4 is 0 Å². The average Bonchev–Trinajstić information content (AvgIpc) is 2.61. The van der Waals surface area contributed by atoms with Crippen molar-refractivity contribution < 1.29 is 10.2 Å². The molecule has 0 aromatic heterocycles. The zero-order valence-electron chi connectivity index (χ0n) is 8.38. The molecule has 2 heterocycles. The summed E-state index contributed by atoms with van der Waals surface area (Å²) in [5.41, 5.74) is -0.200. The first kappa shape index (κ1) is 9.44. The van der Waals surface area contributed by atoms with Crippen LogP contribution in [0.1, 0.15) is 39.5 Å². The minimum absolute atomic E-state index is 0.100. The highest BCUT2D eigenvalue weighted by Gasteiger charge is 2.57. The highest BCUT2D eigenvalue weighted by atomic mass is 16.3. The number of rotatable bonds is 2. The highest BCUT2D eigenvalue weighted by Crippen LogP contribution is 2.47. The van der Waals surface area contributed by atoms with Crippen molar-refractivity contribution in [1.29, 1.82) is 0 Å². The van der Waals surface area contributed by atoms with Gasteiger partial charge in [-0.3, -0.25) is 0 Å². The molecular weight excluding hydrogens is 166 g/mol. The van der Waals surface area contributed by atoms with Gasteiger partial charge in [0.2, 0.25) is 0 Å². The topological polar surface area (TPSA) is 52.5 Å². The summed E-state index contributed by atoms with van der Waals surface area (Å²) < 4.78 is 0. The van der Waals surface area contributed by atoms with Gasteiger partial charge in [0, 0.05) is 11.1 Å². The van der Waals surface area contributed by atoms with Crippen molar-refractivity contribution in [2.75, 3.05) is 0 Å². The molecule has 0 saturated carbocycles. The first-order valence-corrected chi connectivity index (χ1v) is 5.16. The van der Waals surface area contributed by atoms with Gasteiger partial charge in [0.1, 0.15) is 0 Å². The van der Waals surface area contributed by atoms with Crippen LogP contribution < -0.4 is 5.32 Å². The summed E-state index contributed by atoms with van der Waals surface area (Å²) in [5, 5.41) is 22.8. The van der Waals surface area contributed by atoms with E-state index < -0.39 is 0 Å². The van der Waals surface area contributed by atoms with Gasteiger partial charge < -0.3 is 15.5 Å². The summed E-state index contributed by atoms with van der Waals surface area (Å²) in [6.07, 6.45) is 3.36. The molecule has 2 aliphatic heterocycles. The molecule has 0 aromatic carbocycles. The van der Waals surface area contributed by atoms with Crippen molar-refractivity contribution in [2.45, 2.75) is 62.8 Å². The number of aliphatic hydroxyl groups excluding tert-OH is 2. The van der Waals surface area contributed by atoms with Gasteiger partial charge in [-0.1, -0.05) is 0 Å². The lowest BCUT2D eigenvalue weighted by Crippen LogP contribution is -2.52. The van der Waals surface area contributed by atoms with Gasteiger partial charge in [-0.15, -0.1) is 0 Å². The molecule has 2 saturated heterocycles. The summed E-state index contributed by atoms with van der Waals surface area (Å²) in [6.45, 7) is 3.69. The van der Waals surface area contributed by atoms with Crippen LogP contribution >= 0.6 is 0 Å². The fourth-order valence-electron chi connectivity index (χ4n) is 2.93. The van der Waals surface area contributed by atoms with E-state index >= 15 is 0 Å². The second-order valence-electron chi connectivity index (χ2n) is 4.79. The number of hydrogen-bond donors (Lipinski definition) is 3. The SMILES string of the molecule is CC(O)C12CCC(C(C)O)(CC1)N2. The van der Waals surface area contributed by atoms with E-state index in [-0.39, 0.29) is 23.3 Å². The largest absolute Gasteiger partial charge is 0.391 e. The molecule has 3 heteroatoms. The van der Waals surface area contributed by atoms with Crippen molar-refractivity contribution in [2.24, 2.45) is 0 Å². The molecule has 3 nitrogen and oxygen atoms in total. The minimum atomic E-state index is -0.310. The third-order valence-electron chi connectivity index (χ3n) is 4.13. The fourth-order valence-corrected chi connectivity index (χ4v) is 2.93. The molecule has 2 bridgehead atoms. The maximum Gasteiger partial charge on any atom is 0.0693 e. The van der Waals surface area contributed by atoms with Gasteiger partial charge in [0.05, 0.1) is 12.2 Å². The maximum absolute atomic E-state index is 9.68. The van der Waals surface area contributed by atoms with E-state index in [0.717, 1.165) is 25.7 Å². The lowest BCUT2D eigenvalue weighted by molar-refractivity contribution is 0.0796. The van der Waals surface area contributed by atoms with E-state index in [2.05, 4.69) is 5.32 Å². The predicted molar refractivity (Wildman–Crippen MR) is 50.4 cm³/mol. The number of hydrogen-bond acceptors (Lipinski definition) is 3. The van der Waals surface area contributed by atoms with Crippen molar-refractivity contribution in [3.05, 3.63) is 0 Å². The molecule has 0 aromatic rings. The van der Waals surface area contributed by atoms with Gasteiger partial charge in [-0.05, 0) is 39.5 Å². The van der Waals surface area contributed by atoms with Crippen LogP contribution in [0.15, 0.2) is 0 Å².